The van der Waals surface area contributed by atoms with Crippen molar-refractivity contribution in [1.82, 2.24) is 0 Å². The maximum absolute atomic E-state index is 8.77. The Morgan fingerprint density at radius 2 is 1.19 bits per heavy atom. The Labute approximate surface area is 161 Å². The van der Waals surface area contributed by atoms with E-state index in [0.717, 1.165) is 12.1 Å². The van der Waals surface area contributed by atoms with Gasteiger partial charge < -0.3 is 0 Å². The molecule has 0 aromatic heterocycles. The lowest BCUT2D eigenvalue weighted by Gasteiger charge is -2.02. The van der Waals surface area contributed by atoms with Crippen LogP contribution in [0.5, 0.6) is 0 Å². The van der Waals surface area contributed by atoms with E-state index in [2.05, 4.69) is 18.0 Å². The van der Waals surface area contributed by atoms with Gasteiger partial charge in [0.15, 0.2) is 0 Å². The molecule has 0 bridgehead atoms. The number of nitriles is 1. The first kappa shape index (κ1) is 22.4. The third-order valence-electron chi connectivity index (χ3n) is 4.92. The SMILES string of the molecule is CCCCCCCCCCCCCCCCN=Cc1ccc(C#N)cc1. The highest BCUT2D eigenvalue weighted by Crippen LogP contribution is 2.13. The highest BCUT2D eigenvalue weighted by Gasteiger charge is 1.94. The van der Waals surface area contributed by atoms with Gasteiger partial charge in [0.25, 0.3) is 0 Å². The lowest BCUT2D eigenvalue weighted by molar-refractivity contribution is 0.536. The fraction of sp³-hybridized carbons (Fsp3) is 0.667. The predicted molar refractivity (Wildman–Crippen MR) is 114 cm³/mol. The molecule has 0 saturated heterocycles. The molecule has 0 N–H and O–H groups in total. The van der Waals surface area contributed by atoms with Crippen LogP contribution in [-0.2, 0) is 0 Å². The fourth-order valence-electron chi connectivity index (χ4n) is 3.21. The summed E-state index contributed by atoms with van der Waals surface area (Å²) in [6, 6.07) is 9.72. The standard InChI is InChI=1S/C24H38N2/c1-2-3-4-5-6-7-8-9-10-11-12-13-14-15-20-26-22-24-18-16-23(21-25)17-19-24/h16-19,22H,2-15,20H2,1H3. The molecule has 0 saturated carbocycles. The fourth-order valence-corrected chi connectivity index (χ4v) is 3.21. The minimum absolute atomic E-state index is 0.703. The van der Waals surface area contributed by atoms with Crippen molar-refractivity contribution in [1.29, 1.82) is 5.26 Å². The molecule has 0 heterocycles. The zero-order valence-electron chi connectivity index (χ0n) is 16.9. The Balaban J connectivity index is 1.83. The van der Waals surface area contributed by atoms with Crippen LogP contribution in [0, 0.1) is 11.3 Å². The van der Waals surface area contributed by atoms with Gasteiger partial charge in [0, 0.05) is 12.8 Å². The van der Waals surface area contributed by atoms with Crippen LogP contribution in [0.4, 0.5) is 0 Å². The summed E-state index contributed by atoms with van der Waals surface area (Å²) in [5, 5.41) is 8.77. The summed E-state index contributed by atoms with van der Waals surface area (Å²) in [6.07, 6.45) is 21.4. The topological polar surface area (TPSA) is 36.1 Å². The van der Waals surface area contributed by atoms with Crippen LogP contribution in [0.2, 0.25) is 0 Å². The van der Waals surface area contributed by atoms with Gasteiger partial charge >= 0.3 is 0 Å². The van der Waals surface area contributed by atoms with Crippen LogP contribution in [0.25, 0.3) is 0 Å². The van der Waals surface area contributed by atoms with Crippen LogP contribution in [0.1, 0.15) is 108 Å². The minimum Gasteiger partial charge on any atom is -0.293 e. The molecule has 0 fully saturated rings. The van der Waals surface area contributed by atoms with Gasteiger partial charge in [0.2, 0.25) is 0 Å². The van der Waals surface area contributed by atoms with E-state index in [1.807, 2.05) is 30.5 Å². The molecule has 1 rings (SSSR count). The zero-order chi connectivity index (χ0) is 18.7. The molecule has 1 aromatic carbocycles. The second-order valence-corrected chi connectivity index (χ2v) is 7.37. The summed E-state index contributed by atoms with van der Waals surface area (Å²) >= 11 is 0. The number of hydrogen-bond donors (Lipinski definition) is 0. The number of aliphatic imine (C=N–C) groups is 1. The summed E-state index contributed by atoms with van der Waals surface area (Å²) in [5.41, 5.74) is 1.78. The Hall–Kier alpha value is -1.62. The predicted octanol–water partition coefficient (Wildman–Crippen LogP) is 7.46. The Bertz CT molecular complexity index is 496. The van der Waals surface area contributed by atoms with Gasteiger partial charge in [0.05, 0.1) is 11.6 Å². The molecule has 0 radical (unpaired) electrons. The average Bonchev–Trinajstić information content (AvgIpc) is 2.68. The number of unbranched alkanes of at least 4 members (excludes halogenated alkanes) is 13. The molecule has 0 aliphatic carbocycles. The van der Waals surface area contributed by atoms with E-state index in [9.17, 15) is 0 Å². The van der Waals surface area contributed by atoms with Gasteiger partial charge in [-0.1, -0.05) is 103 Å². The summed E-state index contributed by atoms with van der Waals surface area (Å²) in [6.45, 7) is 3.20. The summed E-state index contributed by atoms with van der Waals surface area (Å²) in [5.74, 6) is 0. The normalized spacial score (nSPS) is 11.1. The molecule has 0 aliphatic heterocycles. The molecule has 26 heavy (non-hydrogen) atoms. The van der Waals surface area contributed by atoms with Crippen LogP contribution in [0.3, 0.4) is 0 Å². The zero-order valence-corrected chi connectivity index (χ0v) is 16.9. The van der Waals surface area contributed by atoms with Crippen molar-refractivity contribution >= 4 is 6.21 Å². The summed E-state index contributed by atoms with van der Waals surface area (Å²) in [7, 11) is 0. The van der Waals surface area contributed by atoms with Crippen LogP contribution in [-0.4, -0.2) is 12.8 Å². The van der Waals surface area contributed by atoms with Crippen molar-refractivity contribution in [2.24, 2.45) is 4.99 Å². The minimum atomic E-state index is 0.703. The first-order chi connectivity index (χ1) is 12.9. The van der Waals surface area contributed by atoms with E-state index in [1.165, 1.54) is 89.9 Å². The molecule has 144 valence electrons. The largest absolute Gasteiger partial charge is 0.293 e. The summed E-state index contributed by atoms with van der Waals surface area (Å²) < 4.78 is 0. The molecule has 0 spiro atoms. The van der Waals surface area contributed by atoms with Gasteiger partial charge in [-0.3, -0.25) is 4.99 Å². The molecular formula is C24H38N2. The van der Waals surface area contributed by atoms with Crippen LogP contribution in [0.15, 0.2) is 29.3 Å². The van der Waals surface area contributed by atoms with Crippen molar-refractivity contribution in [2.45, 2.75) is 96.8 Å². The average molecular weight is 355 g/mol. The first-order valence-corrected chi connectivity index (χ1v) is 10.9. The maximum atomic E-state index is 8.77. The molecule has 0 atom stereocenters. The molecule has 0 amide bonds. The van der Waals surface area contributed by atoms with Crippen molar-refractivity contribution < 1.29 is 0 Å². The van der Waals surface area contributed by atoms with Crippen molar-refractivity contribution in [2.75, 3.05) is 6.54 Å². The molecule has 2 heteroatoms. The van der Waals surface area contributed by atoms with Crippen LogP contribution < -0.4 is 0 Å². The van der Waals surface area contributed by atoms with Crippen molar-refractivity contribution in [3.8, 4) is 6.07 Å². The van der Waals surface area contributed by atoms with E-state index >= 15 is 0 Å². The Morgan fingerprint density at radius 1 is 0.731 bits per heavy atom. The maximum Gasteiger partial charge on any atom is 0.0991 e. The Kier molecular flexibility index (Phi) is 14.5. The van der Waals surface area contributed by atoms with Gasteiger partial charge in [-0.15, -0.1) is 0 Å². The quantitative estimate of drug-likeness (QED) is 0.224. The van der Waals surface area contributed by atoms with Crippen molar-refractivity contribution in [3.63, 3.8) is 0 Å². The molecule has 1 aromatic rings. The van der Waals surface area contributed by atoms with E-state index < -0.39 is 0 Å². The highest BCUT2D eigenvalue weighted by atomic mass is 14.7. The van der Waals surface area contributed by atoms with Crippen LogP contribution >= 0.6 is 0 Å². The summed E-state index contributed by atoms with van der Waals surface area (Å²) in [4.78, 5) is 4.48. The number of benzene rings is 1. The van der Waals surface area contributed by atoms with E-state index in [4.69, 9.17) is 5.26 Å². The monoisotopic (exact) mass is 354 g/mol. The van der Waals surface area contributed by atoms with E-state index in [-0.39, 0.29) is 0 Å². The van der Waals surface area contributed by atoms with Gasteiger partial charge in [-0.25, -0.2) is 0 Å². The number of hydrogen-bond acceptors (Lipinski definition) is 2. The molecular weight excluding hydrogens is 316 g/mol. The lowest BCUT2D eigenvalue weighted by atomic mass is 10.0. The third-order valence-corrected chi connectivity index (χ3v) is 4.92. The van der Waals surface area contributed by atoms with Gasteiger partial charge in [-0.2, -0.15) is 5.26 Å². The molecule has 0 unspecified atom stereocenters. The number of nitrogens with zero attached hydrogens (tertiary/aromatic N) is 2. The van der Waals surface area contributed by atoms with Gasteiger partial charge in [0.1, 0.15) is 0 Å². The molecule has 0 aliphatic rings. The lowest BCUT2D eigenvalue weighted by Crippen LogP contribution is -1.87. The second kappa shape index (κ2) is 16.8. The number of rotatable bonds is 16. The van der Waals surface area contributed by atoms with Crippen molar-refractivity contribution in [3.05, 3.63) is 35.4 Å². The van der Waals surface area contributed by atoms with E-state index in [0.29, 0.717) is 5.56 Å². The highest BCUT2D eigenvalue weighted by molar-refractivity contribution is 5.79. The van der Waals surface area contributed by atoms with Gasteiger partial charge in [-0.05, 0) is 24.1 Å². The second-order valence-electron chi connectivity index (χ2n) is 7.37. The first-order valence-electron chi connectivity index (χ1n) is 10.9. The third kappa shape index (κ3) is 12.7. The van der Waals surface area contributed by atoms with E-state index in [1.54, 1.807) is 0 Å². The smallest absolute Gasteiger partial charge is 0.0991 e. The molecule has 2 nitrogen and oxygen atoms in total. The Morgan fingerprint density at radius 3 is 1.65 bits per heavy atom.